The number of benzene rings is 1. The Hall–Kier alpha value is -1.82. The molecule has 1 aliphatic carbocycles. The molecule has 2 N–H and O–H groups in total. The minimum Gasteiger partial charge on any atom is -0.378 e. The van der Waals surface area contributed by atoms with Crippen molar-refractivity contribution in [2.24, 2.45) is 0 Å². The van der Waals surface area contributed by atoms with Crippen LogP contribution in [-0.2, 0) is 4.74 Å². The van der Waals surface area contributed by atoms with E-state index in [4.69, 9.17) is 4.74 Å². The molecule has 0 unspecified atom stereocenters. The van der Waals surface area contributed by atoms with Crippen LogP contribution < -0.4 is 15.5 Å². The number of rotatable bonds is 6. The number of hydrogen-bond donors (Lipinski definition) is 2. The zero-order valence-corrected chi connectivity index (χ0v) is 15.6. The number of nitrogens with zero attached hydrogens (tertiary/aromatic N) is 1. The van der Waals surface area contributed by atoms with E-state index in [1.807, 2.05) is 11.9 Å². The monoisotopic (exact) mass is 363 g/mol. The van der Waals surface area contributed by atoms with Crippen LogP contribution in [0.2, 0.25) is 0 Å². The maximum absolute atomic E-state index is 14.5. The SMILES string of the molecule is CN(c1ccc(NC(=O)NCC[C@H]2CCCO2)cc1F)C1CCCCC1. The zero-order valence-electron chi connectivity index (χ0n) is 15.6. The molecule has 0 spiro atoms. The van der Waals surface area contributed by atoms with Crippen molar-refractivity contribution < 1.29 is 13.9 Å². The number of nitrogens with one attached hydrogen (secondary N) is 2. The first-order chi connectivity index (χ1) is 12.6. The highest BCUT2D eigenvalue weighted by molar-refractivity contribution is 5.89. The first kappa shape index (κ1) is 19.0. The fraction of sp³-hybridized carbons (Fsp3) is 0.650. The first-order valence-corrected chi connectivity index (χ1v) is 9.82. The predicted octanol–water partition coefficient (Wildman–Crippen LogP) is 4.29. The lowest BCUT2D eigenvalue weighted by Gasteiger charge is -2.33. The van der Waals surface area contributed by atoms with E-state index < -0.39 is 0 Å². The molecule has 1 heterocycles. The summed E-state index contributed by atoms with van der Waals surface area (Å²) in [7, 11) is 1.96. The number of urea groups is 1. The maximum Gasteiger partial charge on any atom is 0.319 e. The molecular formula is C20H30FN3O2. The summed E-state index contributed by atoms with van der Waals surface area (Å²) in [5.74, 6) is -0.296. The van der Waals surface area contributed by atoms with E-state index in [0.29, 0.717) is 24.0 Å². The fourth-order valence-corrected chi connectivity index (χ4v) is 3.93. The smallest absolute Gasteiger partial charge is 0.319 e. The van der Waals surface area contributed by atoms with Gasteiger partial charge in [-0.1, -0.05) is 19.3 Å². The van der Waals surface area contributed by atoms with Crippen molar-refractivity contribution in [3.05, 3.63) is 24.0 Å². The van der Waals surface area contributed by atoms with Gasteiger partial charge in [0.05, 0.1) is 11.8 Å². The van der Waals surface area contributed by atoms with Gasteiger partial charge in [-0.3, -0.25) is 0 Å². The molecule has 1 saturated carbocycles. The highest BCUT2D eigenvalue weighted by Gasteiger charge is 2.21. The Morgan fingerprint density at radius 3 is 2.73 bits per heavy atom. The average Bonchev–Trinajstić information content (AvgIpc) is 3.15. The Morgan fingerprint density at radius 2 is 2.04 bits per heavy atom. The van der Waals surface area contributed by atoms with Crippen LogP contribution in [0.3, 0.4) is 0 Å². The number of amides is 2. The normalized spacial score (nSPS) is 20.8. The molecule has 2 fully saturated rings. The van der Waals surface area contributed by atoms with E-state index in [-0.39, 0.29) is 18.0 Å². The van der Waals surface area contributed by atoms with E-state index in [1.165, 1.54) is 25.3 Å². The van der Waals surface area contributed by atoms with Crippen LogP contribution in [0.15, 0.2) is 18.2 Å². The van der Waals surface area contributed by atoms with Gasteiger partial charge in [-0.15, -0.1) is 0 Å². The molecular weight excluding hydrogens is 333 g/mol. The standard InChI is InChI=1S/C20H30FN3O2/c1-24(16-6-3-2-4-7-16)19-10-9-15(14-18(19)21)23-20(25)22-12-11-17-8-5-13-26-17/h9-10,14,16-17H,2-8,11-13H2,1H3,(H2,22,23,25)/t17-/m1/s1. The highest BCUT2D eigenvalue weighted by Crippen LogP contribution is 2.29. The van der Waals surface area contributed by atoms with Crippen LogP contribution in [0.25, 0.3) is 0 Å². The number of ether oxygens (including phenoxy) is 1. The Kier molecular flexibility index (Phi) is 6.72. The second kappa shape index (κ2) is 9.21. The molecule has 6 heteroatoms. The first-order valence-electron chi connectivity index (χ1n) is 9.82. The van der Waals surface area contributed by atoms with E-state index in [0.717, 1.165) is 38.7 Å². The van der Waals surface area contributed by atoms with Crippen LogP contribution in [0.5, 0.6) is 0 Å². The Labute approximate surface area is 155 Å². The summed E-state index contributed by atoms with van der Waals surface area (Å²) in [6.07, 6.45) is 9.14. The highest BCUT2D eigenvalue weighted by atomic mass is 19.1. The second-order valence-corrected chi connectivity index (χ2v) is 7.37. The van der Waals surface area contributed by atoms with Gasteiger partial charge < -0.3 is 20.3 Å². The third kappa shape index (κ3) is 5.10. The molecule has 1 aromatic rings. The van der Waals surface area contributed by atoms with Gasteiger partial charge in [0.15, 0.2) is 0 Å². The average molecular weight is 363 g/mol. The maximum atomic E-state index is 14.5. The number of anilines is 2. The summed E-state index contributed by atoms with van der Waals surface area (Å²) >= 11 is 0. The molecule has 2 amide bonds. The molecule has 144 valence electrons. The summed E-state index contributed by atoms with van der Waals surface area (Å²) in [6.45, 7) is 1.37. The minimum atomic E-state index is -0.309. The van der Waals surface area contributed by atoms with Gasteiger partial charge in [-0.05, 0) is 50.3 Å². The largest absolute Gasteiger partial charge is 0.378 e. The van der Waals surface area contributed by atoms with Crippen LogP contribution in [0.4, 0.5) is 20.6 Å². The van der Waals surface area contributed by atoms with Crippen LogP contribution >= 0.6 is 0 Å². The zero-order chi connectivity index (χ0) is 18.4. The molecule has 0 radical (unpaired) electrons. The lowest BCUT2D eigenvalue weighted by molar-refractivity contribution is 0.105. The molecule has 0 bridgehead atoms. The molecule has 0 aromatic heterocycles. The number of halogens is 1. The molecule has 2 aliphatic rings. The fourth-order valence-electron chi connectivity index (χ4n) is 3.93. The summed E-state index contributed by atoms with van der Waals surface area (Å²) in [5, 5.41) is 5.51. The van der Waals surface area contributed by atoms with Crippen molar-refractivity contribution in [2.75, 3.05) is 30.4 Å². The third-order valence-electron chi connectivity index (χ3n) is 5.48. The molecule has 26 heavy (non-hydrogen) atoms. The molecule has 1 aliphatic heterocycles. The van der Waals surface area contributed by atoms with Gasteiger partial charge in [0.2, 0.25) is 0 Å². The summed E-state index contributed by atoms with van der Waals surface area (Å²) in [4.78, 5) is 14.0. The number of hydrogen-bond acceptors (Lipinski definition) is 3. The van der Waals surface area contributed by atoms with Gasteiger partial charge in [0, 0.05) is 31.9 Å². The Bertz CT molecular complexity index is 599. The molecule has 1 saturated heterocycles. The van der Waals surface area contributed by atoms with Crippen LogP contribution in [-0.4, -0.2) is 38.4 Å². The topological polar surface area (TPSA) is 53.6 Å². The van der Waals surface area contributed by atoms with Gasteiger partial charge in [0.25, 0.3) is 0 Å². The van der Waals surface area contributed by atoms with E-state index in [9.17, 15) is 9.18 Å². The number of carbonyl (C=O) groups excluding carboxylic acids is 1. The molecule has 5 nitrogen and oxygen atoms in total. The van der Waals surface area contributed by atoms with Gasteiger partial charge in [-0.25, -0.2) is 9.18 Å². The van der Waals surface area contributed by atoms with Gasteiger partial charge >= 0.3 is 6.03 Å². The van der Waals surface area contributed by atoms with E-state index in [1.54, 1.807) is 12.1 Å². The quantitative estimate of drug-likeness (QED) is 0.793. The van der Waals surface area contributed by atoms with Crippen molar-refractivity contribution in [3.8, 4) is 0 Å². The van der Waals surface area contributed by atoms with Gasteiger partial charge in [0.1, 0.15) is 5.82 Å². The molecule has 1 aromatic carbocycles. The van der Waals surface area contributed by atoms with Crippen molar-refractivity contribution in [1.29, 1.82) is 0 Å². The predicted molar refractivity (Wildman–Crippen MR) is 102 cm³/mol. The van der Waals surface area contributed by atoms with Crippen molar-refractivity contribution in [1.82, 2.24) is 5.32 Å². The van der Waals surface area contributed by atoms with E-state index in [2.05, 4.69) is 10.6 Å². The Morgan fingerprint density at radius 1 is 1.23 bits per heavy atom. The van der Waals surface area contributed by atoms with Crippen LogP contribution in [0.1, 0.15) is 51.4 Å². The second-order valence-electron chi connectivity index (χ2n) is 7.37. The lowest BCUT2D eigenvalue weighted by atomic mass is 9.94. The lowest BCUT2D eigenvalue weighted by Crippen LogP contribution is -2.34. The minimum absolute atomic E-state index is 0.252. The van der Waals surface area contributed by atoms with Crippen LogP contribution in [0, 0.1) is 5.82 Å². The third-order valence-corrected chi connectivity index (χ3v) is 5.48. The summed E-state index contributed by atoms with van der Waals surface area (Å²) in [5.41, 5.74) is 1.07. The summed E-state index contributed by atoms with van der Waals surface area (Å²) in [6, 6.07) is 5.01. The van der Waals surface area contributed by atoms with Crippen molar-refractivity contribution >= 4 is 17.4 Å². The van der Waals surface area contributed by atoms with E-state index >= 15 is 0 Å². The molecule has 1 atom stereocenters. The van der Waals surface area contributed by atoms with Gasteiger partial charge in [-0.2, -0.15) is 0 Å². The van der Waals surface area contributed by atoms with Crippen molar-refractivity contribution in [2.45, 2.75) is 63.5 Å². The number of carbonyl (C=O) groups is 1. The molecule has 3 rings (SSSR count). The van der Waals surface area contributed by atoms with Crippen molar-refractivity contribution in [3.63, 3.8) is 0 Å². The summed E-state index contributed by atoms with van der Waals surface area (Å²) < 4.78 is 20.1. The Balaban J connectivity index is 1.49.